The van der Waals surface area contributed by atoms with Crippen molar-refractivity contribution in [1.82, 2.24) is 9.88 Å². The third-order valence-corrected chi connectivity index (χ3v) is 7.88. The summed E-state index contributed by atoms with van der Waals surface area (Å²) in [7, 11) is 0. The topological polar surface area (TPSA) is 80.6 Å². The van der Waals surface area contributed by atoms with E-state index in [-0.39, 0.29) is 11.9 Å². The Kier molecular flexibility index (Phi) is 6.60. The van der Waals surface area contributed by atoms with Crippen LogP contribution in [0.2, 0.25) is 0 Å². The number of hydrogen-bond acceptors (Lipinski definition) is 3. The standard InChI is InChI=1S/C34H30N2O4/c1-21-22(2)36(19-23-11-13-24(14-12-23)28-8-4-5-9-29(28)34(38)39)31-16-15-26(18-30(21)31)33(37)35-27-17-25-7-3-6-10-32(25)40-20-27/h3-16,18,27H,17,19-20H2,1-2H3,(H,35,37)(H,38,39)/t27-/m0/s1. The normalized spacial score (nSPS) is 14.4. The van der Waals surface area contributed by atoms with Crippen LogP contribution in [0, 0.1) is 13.8 Å². The number of carboxylic acids is 1. The molecule has 2 N–H and O–H groups in total. The number of hydrogen-bond donors (Lipinski definition) is 2. The number of nitrogens with one attached hydrogen (secondary N) is 1. The molecule has 1 amide bonds. The van der Waals surface area contributed by atoms with Crippen molar-refractivity contribution in [1.29, 1.82) is 0 Å². The van der Waals surface area contributed by atoms with Crippen LogP contribution >= 0.6 is 0 Å². The van der Waals surface area contributed by atoms with Gasteiger partial charge in [0, 0.05) is 28.7 Å². The summed E-state index contributed by atoms with van der Waals surface area (Å²) in [6, 6.07) is 28.8. The Hall–Kier alpha value is -4.84. The van der Waals surface area contributed by atoms with Gasteiger partial charge in [0.15, 0.2) is 0 Å². The van der Waals surface area contributed by atoms with Crippen LogP contribution in [0.4, 0.5) is 0 Å². The van der Waals surface area contributed by atoms with Gasteiger partial charge in [-0.2, -0.15) is 0 Å². The van der Waals surface area contributed by atoms with Crippen LogP contribution in [0.5, 0.6) is 5.75 Å². The number of carbonyl (C=O) groups is 2. The molecule has 2 heterocycles. The van der Waals surface area contributed by atoms with E-state index in [2.05, 4.69) is 23.7 Å². The van der Waals surface area contributed by atoms with Crippen molar-refractivity contribution in [3.05, 3.63) is 125 Å². The van der Waals surface area contributed by atoms with Crippen LogP contribution in [0.15, 0.2) is 91.0 Å². The van der Waals surface area contributed by atoms with Crippen molar-refractivity contribution in [2.24, 2.45) is 0 Å². The van der Waals surface area contributed by atoms with Gasteiger partial charge in [-0.25, -0.2) is 4.79 Å². The highest BCUT2D eigenvalue weighted by Crippen LogP contribution is 2.29. The van der Waals surface area contributed by atoms with Gasteiger partial charge in [-0.3, -0.25) is 4.79 Å². The highest BCUT2D eigenvalue weighted by atomic mass is 16.5. The van der Waals surface area contributed by atoms with Crippen molar-refractivity contribution in [2.45, 2.75) is 32.9 Å². The molecule has 0 saturated heterocycles. The smallest absolute Gasteiger partial charge is 0.336 e. The number of benzene rings is 4. The number of amides is 1. The number of rotatable bonds is 6. The van der Waals surface area contributed by atoms with Crippen LogP contribution in [0.25, 0.3) is 22.0 Å². The maximum absolute atomic E-state index is 13.2. The second-order valence-electron chi connectivity index (χ2n) is 10.4. The van der Waals surface area contributed by atoms with Gasteiger partial charge in [0.1, 0.15) is 12.4 Å². The first-order chi connectivity index (χ1) is 19.4. The van der Waals surface area contributed by atoms with Crippen LogP contribution in [0.3, 0.4) is 0 Å². The molecule has 0 aliphatic carbocycles. The van der Waals surface area contributed by atoms with Gasteiger partial charge < -0.3 is 19.7 Å². The molecule has 200 valence electrons. The summed E-state index contributed by atoms with van der Waals surface area (Å²) in [6.45, 7) is 5.32. The van der Waals surface area contributed by atoms with Gasteiger partial charge in [-0.1, -0.05) is 60.7 Å². The summed E-state index contributed by atoms with van der Waals surface area (Å²) in [5.74, 6) is -0.145. The van der Waals surface area contributed by atoms with Crippen LogP contribution in [-0.4, -0.2) is 34.2 Å². The second-order valence-corrected chi connectivity index (χ2v) is 10.4. The van der Waals surface area contributed by atoms with Gasteiger partial charge in [-0.15, -0.1) is 0 Å². The molecule has 6 heteroatoms. The van der Waals surface area contributed by atoms with E-state index in [0.29, 0.717) is 29.8 Å². The highest BCUT2D eigenvalue weighted by molar-refractivity contribution is 5.99. The predicted octanol–water partition coefficient (Wildman–Crippen LogP) is 6.41. The molecular weight excluding hydrogens is 500 g/mol. The number of aromatic carboxylic acids is 1. The van der Waals surface area contributed by atoms with Gasteiger partial charge in [0.2, 0.25) is 0 Å². The number of nitrogens with zero attached hydrogens (tertiary/aromatic N) is 1. The summed E-state index contributed by atoms with van der Waals surface area (Å²) in [5, 5.41) is 13.7. The lowest BCUT2D eigenvalue weighted by Gasteiger charge is -2.26. The lowest BCUT2D eigenvalue weighted by molar-refractivity contribution is 0.0697. The van der Waals surface area contributed by atoms with Crippen LogP contribution in [-0.2, 0) is 13.0 Å². The number of aromatic nitrogens is 1. The fourth-order valence-corrected chi connectivity index (χ4v) is 5.58. The Morgan fingerprint density at radius 3 is 2.50 bits per heavy atom. The maximum Gasteiger partial charge on any atom is 0.336 e. The first kappa shape index (κ1) is 25.4. The molecule has 1 aliphatic heterocycles. The molecule has 4 aromatic carbocycles. The summed E-state index contributed by atoms with van der Waals surface area (Å²) < 4.78 is 8.10. The SMILES string of the molecule is Cc1c(C)n(Cc2ccc(-c3ccccc3C(=O)O)cc2)c2ccc(C(=O)N[C@@H]3COc4ccccc4C3)cc12. The Bertz CT molecular complexity index is 1750. The third kappa shape index (κ3) is 4.73. The van der Waals surface area contributed by atoms with Crippen molar-refractivity contribution < 1.29 is 19.4 Å². The van der Waals surface area contributed by atoms with E-state index < -0.39 is 5.97 Å². The minimum atomic E-state index is -0.935. The number of para-hydroxylation sites is 1. The number of fused-ring (bicyclic) bond motifs is 2. The van der Waals surface area contributed by atoms with Gasteiger partial charge in [-0.05, 0) is 78.4 Å². The van der Waals surface area contributed by atoms with Gasteiger partial charge >= 0.3 is 5.97 Å². The molecule has 1 atom stereocenters. The quantitative estimate of drug-likeness (QED) is 0.266. The average Bonchev–Trinajstić information content (AvgIpc) is 3.21. The minimum absolute atomic E-state index is 0.0732. The van der Waals surface area contributed by atoms with E-state index in [1.165, 1.54) is 0 Å². The molecule has 0 spiro atoms. The lowest BCUT2D eigenvalue weighted by Crippen LogP contribution is -2.42. The fraction of sp³-hybridized carbons (Fsp3) is 0.176. The number of carbonyl (C=O) groups excluding carboxylic acids is 1. The molecule has 0 saturated carbocycles. The summed E-state index contributed by atoms with van der Waals surface area (Å²) in [6.07, 6.45) is 0.749. The molecule has 0 radical (unpaired) electrons. The maximum atomic E-state index is 13.2. The minimum Gasteiger partial charge on any atom is -0.491 e. The molecule has 5 aromatic rings. The van der Waals surface area contributed by atoms with E-state index in [0.717, 1.165) is 51.0 Å². The first-order valence-corrected chi connectivity index (χ1v) is 13.4. The Morgan fingerprint density at radius 1 is 0.950 bits per heavy atom. The predicted molar refractivity (Wildman–Crippen MR) is 156 cm³/mol. The van der Waals surface area contributed by atoms with Crippen LogP contribution < -0.4 is 10.1 Å². The summed E-state index contributed by atoms with van der Waals surface area (Å²) in [5.41, 5.74) is 8.07. The van der Waals surface area contributed by atoms with E-state index in [4.69, 9.17) is 4.74 Å². The Morgan fingerprint density at radius 2 is 1.70 bits per heavy atom. The second kappa shape index (κ2) is 10.4. The highest BCUT2D eigenvalue weighted by Gasteiger charge is 2.22. The average molecular weight is 531 g/mol. The Balaban J connectivity index is 1.22. The van der Waals surface area contributed by atoms with E-state index in [9.17, 15) is 14.7 Å². The van der Waals surface area contributed by atoms with E-state index in [1.807, 2.05) is 78.9 Å². The largest absolute Gasteiger partial charge is 0.491 e. The number of ether oxygens (including phenoxy) is 1. The summed E-state index contributed by atoms with van der Waals surface area (Å²) >= 11 is 0. The molecule has 6 nitrogen and oxygen atoms in total. The molecule has 1 aromatic heterocycles. The van der Waals surface area contributed by atoms with Crippen molar-refractivity contribution in [3.63, 3.8) is 0 Å². The zero-order chi connectivity index (χ0) is 27.8. The molecule has 1 aliphatic rings. The third-order valence-electron chi connectivity index (χ3n) is 7.88. The molecule has 40 heavy (non-hydrogen) atoms. The van der Waals surface area contributed by atoms with Crippen molar-refractivity contribution >= 4 is 22.8 Å². The zero-order valence-corrected chi connectivity index (χ0v) is 22.5. The first-order valence-electron chi connectivity index (χ1n) is 13.4. The van der Waals surface area contributed by atoms with Gasteiger partial charge in [0.25, 0.3) is 5.91 Å². The number of aryl methyl sites for hydroxylation is 1. The van der Waals surface area contributed by atoms with Crippen molar-refractivity contribution in [3.8, 4) is 16.9 Å². The monoisotopic (exact) mass is 530 g/mol. The fourth-order valence-electron chi connectivity index (χ4n) is 5.58. The lowest BCUT2D eigenvalue weighted by atomic mass is 9.99. The molecule has 6 rings (SSSR count). The Labute approximate surface area is 232 Å². The van der Waals surface area contributed by atoms with Crippen LogP contribution in [0.1, 0.15) is 43.1 Å². The molecule has 0 bridgehead atoms. The van der Waals surface area contributed by atoms with Crippen molar-refractivity contribution in [2.75, 3.05) is 6.61 Å². The van der Waals surface area contributed by atoms with Gasteiger partial charge in [0.05, 0.1) is 11.6 Å². The van der Waals surface area contributed by atoms with E-state index in [1.54, 1.807) is 12.1 Å². The molecule has 0 fully saturated rings. The summed E-state index contributed by atoms with van der Waals surface area (Å²) in [4.78, 5) is 24.8. The molecular formula is C34H30N2O4. The molecule has 0 unspecified atom stereocenters. The number of carboxylic acid groups (broad SMARTS) is 1. The van der Waals surface area contributed by atoms with E-state index >= 15 is 0 Å². The zero-order valence-electron chi connectivity index (χ0n) is 22.5.